The maximum atomic E-state index is 12.7. The molecule has 0 saturated carbocycles. The van der Waals surface area contributed by atoms with E-state index >= 15 is 0 Å². The lowest BCUT2D eigenvalue weighted by Crippen LogP contribution is -2.45. The SMILES string of the molecule is CN(C(=O)OCC1c2ccccc2-c2ccccc21)C(CC1CCNCC1)C(=O)O.Cl. The van der Waals surface area contributed by atoms with Crippen molar-refractivity contribution >= 4 is 24.5 Å². The lowest BCUT2D eigenvalue weighted by atomic mass is 9.90. The van der Waals surface area contributed by atoms with E-state index in [1.807, 2.05) is 24.3 Å². The first kappa shape index (κ1) is 23.1. The van der Waals surface area contributed by atoms with E-state index in [1.54, 1.807) is 0 Å². The highest BCUT2D eigenvalue weighted by Gasteiger charge is 2.33. The molecule has 2 aromatic rings. The van der Waals surface area contributed by atoms with Crippen LogP contribution in [0.1, 0.15) is 36.3 Å². The van der Waals surface area contributed by atoms with Gasteiger partial charge in [-0.2, -0.15) is 0 Å². The van der Waals surface area contributed by atoms with Crippen molar-refractivity contribution in [3.63, 3.8) is 0 Å². The molecule has 1 heterocycles. The third-order valence-electron chi connectivity index (χ3n) is 6.39. The molecule has 0 bridgehead atoms. The number of nitrogens with one attached hydrogen (secondary N) is 1. The fourth-order valence-corrected chi connectivity index (χ4v) is 4.68. The Labute approximate surface area is 189 Å². The second-order valence-electron chi connectivity index (χ2n) is 8.20. The van der Waals surface area contributed by atoms with Crippen LogP contribution < -0.4 is 5.32 Å². The maximum absolute atomic E-state index is 12.7. The summed E-state index contributed by atoms with van der Waals surface area (Å²) in [5.41, 5.74) is 4.60. The third kappa shape index (κ3) is 4.86. The lowest BCUT2D eigenvalue weighted by molar-refractivity contribution is -0.143. The lowest BCUT2D eigenvalue weighted by Gasteiger charge is -2.30. The fraction of sp³-hybridized carbons (Fsp3) is 0.417. The fourth-order valence-electron chi connectivity index (χ4n) is 4.68. The number of carboxylic acids is 1. The molecule has 1 aliphatic heterocycles. The normalized spacial score (nSPS) is 16.5. The predicted octanol–water partition coefficient (Wildman–Crippen LogP) is 4.13. The number of carbonyl (C=O) groups is 2. The van der Waals surface area contributed by atoms with Crippen molar-refractivity contribution in [2.45, 2.75) is 31.2 Å². The summed E-state index contributed by atoms with van der Waals surface area (Å²) in [6.45, 7) is 1.98. The van der Waals surface area contributed by atoms with Crippen LogP contribution in [-0.2, 0) is 9.53 Å². The minimum absolute atomic E-state index is 0. The average Bonchev–Trinajstić information content (AvgIpc) is 3.09. The van der Waals surface area contributed by atoms with Crippen LogP contribution in [0.3, 0.4) is 0 Å². The van der Waals surface area contributed by atoms with Crippen molar-refractivity contribution in [1.82, 2.24) is 10.2 Å². The number of amides is 1. The summed E-state index contributed by atoms with van der Waals surface area (Å²) >= 11 is 0. The van der Waals surface area contributed by atoms with Crippen molar-refractivity contribution in [2.24, 2.45) is 5.92 Å². The Balaban J connectivity index is 0.00000272. The summed E-state index contributed by atoms with van der Waals surface area (Å²) in [5.74, 6) is -0.719. The number of aliphatic carboxylic acids is 1. The van der Waals surface area contributed by atoms with E-state index in [-0.39, 0.29) is 24.9 Å². The van der Waals surface area contributed by atoms with Crippen LogP contribution >= 0.6 is 12.4 Å². The summed E-state index contributed by atoms with van der Waals surface area (Å²) in [5, 5.41) is 13.0. The van der Waals surface area contributed by atoms with E-state index in [2.05, 4.69) is 29.6 Å². The molecule has 166 valence electrons. The zero-order valence-corrected chi connectivity index (χ0v) is 18.4. The molecule has 2 aromatic carbocycles. The van der Waals surface area contributed by atoms with Crippen LogP contribution in [0.2, 0.25) is 0 Å². The first-order chi connectivity index (χ1) is 14.6. The van der Waals surface area contributed by atoms with Gasteiger partial charge in [-0.3, -0.25) is 4.90 Å². The van der Waals surface area contributed by atoms with E-state index in [9.17, 15) is 14.7 Å². The second-order valence-corrected chi connectivity index (χ2v) is 8.20. The Morgan fingerprint density at radius 3 is 2.16 bits per heavy atom. The van der Waals surface area contributed by atoms with Gasteiger partial charge in [0, 0.05) is 13.0 Å². The molecule has 1 amide bonds. The molecule has 1 unspecified atom stereocenters. The number of carbonyl (C=O) groups excluding carboxylic acids is 1. The van der Waals surface area contributed by atoms with Crippen LogP contribution in [0, 0.1) is 5.92 Å². The highest BCUT2D eigenvalue weighted by molar-refractivity contribution is 5.85. The number of benzene rings is 2. The molecule has 1 fully saturated rings. The van der Waals surface area contributed by atoms with Gasteiger partial charge in [0.1, 0.15) is 12.6 Å². The molecule has 2 aliphatic rings. The van der Waals surface area contributed by atoms with Crippen LogP contribution in [0.15, 0.2) is 48.5 Å². The molecule has 31 heavy (non-hydrogen) atoms. The molecule has 1 aliphatic carbocycles. The van der Waals surface area contributed by atoms with Gasteiger partial charge >= 0.3 is 12.1 Å². The topological polar surface area (TPSA) is 78.9 Å². The number of piperidine rings is 1. The Morgan fingerprint density at radius 2 is 1.61 bits per heavy atom. The van der Waals surface area contributed by atoms with E-state index in [1.165, 1.54) is 11.9 Å². The quantitative estimate of drug-likeness (QED) is 0.700. The Morgan fingerprint density at radius 1 is 1.06 bits per heavy atom. The van der Waals surface area contributed by atoms with Gasteiger partial charge in [-0.05, 0) is 60.5 Å². The third-order valence-corrected chi connectivity index (χ3v) is 6.39. The second kappa shape index (κ2) is 10.2. The monoisotopic (exact) mass is 444 g/mol. The number of likely N-dealkylation sites (N-methyl/N-ethyl adjacent to an activating group) is 1. The van der Waals surface area contributed by atoms with Gasteiger partial charge < -0.3 is 15.2 Å². The molecular weight excluding hydrogens is 416 g/mol. The summed E-state index contributed by atoms with van der Waals surface area (Å²) in [6, 6.07) is 15.4. The smallest absolute Gasteiger partial charge is 0.410 e. The van der Waals surface area contributed by atoms with Crippen LogP contribution in [0.25, 0.3) is 11.1 Å². The zero-order chi connectivity index (χ0) is 21.1. The standard InChI is InChI=1S/C24H28N2O4.ClH/c1-26(22(23(27)28)14-16-10-12-25-13-11-16)24(29)30-15-21-19-8-4-2-6-17(19)18-7-3-5-9-20(18)21;/h2-9,16,21-22,25H,10-15H2,1H3,(H,27,28);1H. The van der Waals surface area contributed by atoms with Crippen LogP contribution in [0.5, 0.6) is 0 Å². The van der Waals surface area contributed by atoms with Gasteiger partial charge in [-0.1, -0.05) is 48.5 Å². The highest BCUT2D eigenvalue weighted by atomic mass is 35.5. The molecule has 1 saturated heterocycles. The number of nitrogens with zero attached hydrogens (tertiary/aromatic N) is 1. The van der Waals surface area contributed by atoms with Crippen LogP contribution in [-0.4, -0.2) is 54.9 Å². The van der Waals surface area contributed by atoms with Gasteiger partial charge in [0.2, 0.25) is 0 Å². The number of fused-ring (bicyclic) bond motifs is 3. The van der Waals surface area contributed by atoms with Gasteiger partial charge in [-0.25, -0.2) is 9.59 Å². The minimum Gasteiger partial charge on any atom is -0.480 e. The van der Waals surface area contributed by atoms with Gasteiger partial charge in [0.25, 0.3) is 0 Å². The molecule has 0 aromatic heterocycles. The van der Waals surface area contributed by atoms with Crippen molar-refractivity contribution in [2.75, 3.05) is 26.7 Å². The highest BCUT2D eigenvalue weighted by Crippen LogP contribution is 2.44. The zero-order valence-electron chi connectivity index (χ0n) is 17.6. The summed E-state index contributed by atoms with van der Waals surface area (Å²) in [7, 11) is 1.53. The summed E-state index contributed by atoms with van der Waals surface area (Å²) < 4.78 is 5.63. The largest absolute Gasteiger partial charge is 0.480 e. The Kier molecular flexibility index (Phi) is 7.57. The van der Waals surface area contributed by atoms with Gasteiger partial charge in [-0.15, -0.1) is 12.4 Å². The van der Waals surface area contributed by atoms with E-state index in [0.29, 0.717) is 12.3 Å². The first-order valence-electron chi connectivity index (χ1n) is 10.6. The van der Waals surface area contributed by atoms with Gasteiger partial charge in [0.05, 0.1) is 0 Å². The first-order valence-corrected chi connectivity index (χ1v) is 10.6. The van der Waals surface area contributed by atoms with Crippen molar-refractivity contribution < 1.29 is 19.4 Å². The van der Waals surface area contributed by atoms with E-state index in [4.69, 9.17) is 4.74 Å². The minimum atomic E-state index is -0.982. The van der Waals surface area contributed by atoms with E-state index < -0.39 is 18.1 Å². The van der Waals surface area contributed by atoms with Crippen molar-refractivity contribution in [3.05, 3.63) is 59.7 Å². The Hall–Kier alpha value is -2.57. The van der Waals surface area contributed by atoms with Crippen LogP contribution in [0.4, 0.5) is 4.79 Å². The molecule has 0 spiro atoms. The van der Waals surface area contributed by atoms with Crippen molar-refractivity contribution in [3.8, 4) is 11.1 Å². The molecule has 2 N–H and O–H groups in total. The summed E-state index contributed by atoms with van der Waals surface area (Å²) in [6.07, 6.45) is 1.74. The van der Waals surface area contributed by atoms with Crippen molar-refractivity contribution in [1.29, 1.82) is 0 Å². The maximum Gasteiger partial charge on any atom is 0.410 e. The molecule has 4 rings (SSSR count). The number of carboxylic acid groups (broad SMARTS) is 1. The Bertz CT molecular complexity index is 884. The van der Waals surface area contributed by atoms with E-state index in [0.717, 1.165) is 48.2 Å². The molecular formula is C24H29ClN2O4. The van der Waals surface area contributed by atoms with Gasteiger partial charge in [0.15, 0.2) is 0 Å². The molecule has 1 atom stereocenters. The number of ether oxygens (including phenoxy) is 1. The number of hydrogen-bond donors (Lipinski definition) is 2. The molecule has 6 nitrogen and oxygen atoms in total. The number of hydrogen-bond acceptors (Lipinski definition) is 4. The molecule has 7 heteroatoms. The summed E-state index contributed by atoms with van der Waals surface area (Å²) in [4.78, 5) is 25.8. The average molecular weight is 445 g/mol. The number of halogens is 1. The molecule has 0 radical (unpaired) electrons. The number of rotatable bonds is 6. The predicted molar refractivity (Wildman–Crippen MR) is 122 cm³/mol.